The van der Waals surface area contributed by atoms with E-state index in [0.717, 1.165) is 0 Å². The smallest absolute Gasteiger partial charge is 0.242 e. The fourth-order valence-corrected chi connectivity index (χ4v) is 1.39. The number of carbonyl (C=O) groups excluding carboxylic acids is 1. The summed E-state index contributed by atoms with van der Waals surface area (Å²) in [6.45, 7) is 1.94. The molecule has 0 fully saturated rings. The second kappa shape index (κ2) is 4.64. The lowest BCUT2D eigenvalue weighted by molar-refractivity contribution is -0.122. The number of aromatic amines is 1. The van der Waals surface area contributed by atoms with E-state index >= 15 is 0 Å². The maximum atomic E-state index is 11.7. The fourth-order valence-electron chi connectivity index (χ4n) is 1.39. The largest absolute Gasteiger partial charge is 0.396 e. The van der Waals surface area contributed by atoms with Crippen LogP contribution in [0.25, 0.3) is 0 Å². The predicted octanol–water partition coefficient (Wildman–Crippen LogP) is -0.539. The van der Waals surface area contributed by atoms with Crippen molar-refractivity contribution < 1.29 is 4.79 Å². The third kappa shape index (κ3) is 2.80. The first kappa shape index (κ1) is 11.1. The number of aromatic nitrogens is 5. The summed E-state index contributed by atoms with van der Waals surface area (Å²) in [6, 6.07) is -0.224. The highest BCUT2D eigenvalue weighted by Gasteiger charge is 2.12. The first-order valence-electron chi connectivity index (χ1n) is 5.07. The van der Waals surface area contributed by atoms with Crippen LogP contribution in [0.3, 0.4) is 0 Å². The molecule has 0 saturated heterocycles. The molecule has 1 amide bonds. The summed E-state index contributed by atoms with van der Waals surface area (Å²) >= 11 is 0. The van der Waals surface area contributed by atoms with Crippen LogP contribution >= 0.6 is 0 Å². The molecule has 4 N–H and O–H groups in total. The van der Waals surface area contributed by atoms with E-state index < -0.39 is 0 Å². The summed E-state index contributed by atoms with van der Waals surface area (Å²) in [5, 5.41) is 13.1. The number of hydrogen-bond acceptors (Lipinski definition) is 5. The lowest BCUT2D eigenvalue weighted by atomic mass is 10.3. The zero-order valence-corrected chi connectivity index (χ0v) is 9.29. The fraction of sp³-hybridized carbons (Fsp3) is 0.333. The standard InChI is InChI=1S/C9H13N7O/c1-6(9-11-5-12-15-9)14-8(17)4-16-3-7(10)2-13-16/h2-3,5-6H,4,10H2,1H3,(H,14,17)(H,11,12,15). The van der Waals surface area contributed by atoms with Gasteiger partial charge in [0.25, 0.3) is 0 Å². The lowest BCUT2D eigenvalue weighted by Crippen LogP contribution is -2.30. The van der Waals surface area contributed by atoms with Crippen molar-refractivity contribution in [2.75, 3.05) is 5.73 Å². The number of nitrogens with two attached hydrogens (primary N) is 1. The van der Waals surface area contributed by atoms with E-state index in [0.29, 0.717) is 11.5 Å². The number of hydrogen-bond donors (Lipinski definition) is 3. The number of H-pyrrole nitrogens is 1. The number of rotatable bonds is 4. The van der Waals surface area contributed by atoms with Crippen LogP contribution in [0, 0.1) is 0 Å². The lowest BCUT2D eigenvalue weighted by Gasteiger charge is -2.10. The summed E-state index contributed by atoms with van der Waals surface area (Å²) in [6.07, 6.45) is 4.48. The highest BCUT2D eigenvalue weighted by atomic mass is 16.2. The molecule has 1 atom stereocenters. The van der Waals surface area contributed by atoms with Crippen molar-refractivity contribution >= 4 is 11.6 Å². The number of nitrogens with one attached hydrogen (secondary N) is 2. The van der Waals surface area contributed by atoms with Gasteiger partial charge in [-0.05, 0) is 6.92 Å². The molecule has 2 aromatic rings. The van der Waals surface area contributed by atoms with Crippen molar-refractivity contribution in [2.24, 2.45) is 0 Å². The number of nitrogens with zero attached hydrogens (tertiary/aromatic N) is 4. The van der Waals surface area contributed by atoms with Crippen LogP contribution in [0.2, 0.25) is 0 Å². The van der Waals surface area contributed by atoms with Gasteiger partial charge in [0.05, 0.1) is 17.9 Å². The molecule has 0 aromatic carbocycles. The molecule has 1 unspecified atom stereocenters. The van der Waals surface area contributed by atoms with E-state index in [1.54, 1.807) is 6.20 Å². The number of nitrogen functional groups attached to an aromatic ring is 1. The number of carbonyl (C=O) groups is 1. The van der Waals surface area contributed by atoms with Crippen molar-refractivity contribution in [2.45, 2.75) is 19.5 Å². The molecule has 2 rings (SSSR count). The quantitative estimate of drug-likeness (QED) is 0.658. The minimum absolute atomic E-state index is 0.121. The van der Waals surface area contributed by atoms with Crippen LogP contribution in [0.15, 0.2) is 18.7 Å². The van der Waals surface area contributed by atoms with Crippen molar-refractivity contribution in [1.82, 2.24) is 30.3 Å². The molecule has 0 aliphatic heterocycles. The molecule has 17 heavy (non-hydrogen) atoms. The van der Waals surface area contributed by atoms with Crippen LogP contribution < -0.4 is 11.1 Å². The molecule has 0 aliphatic rings. The Morgan fingerprint density at radius 2 is 2.53 bits per heavy atom. The number of amides is 1. The molecule has 90 valence electrons. The van der Waals surface area contributed by atoms with Crippen LogP contribution in [0.4, 0.5) is 5.69 Å². The Kier molecular flexibility index (Phi) is 3.03. The Morgan fingerprint density at radius 3 is 3.12 bits per heavy atom. The van der Waals surface area contributed by atoms with E-state index in [4.69, 9.17) is 5.73 Å². The molecule has 8 nitrogen and oxygen atoms in total. The van der Waals surface area contributed by atoms with E-state index in [1.807, 2.05) is 6.92 Å². The molecule has 2 aromatic heterocycles. The monoisotopic (exact) mass is 235 g/mol. The summed E-state index contributed by atoms with van der Waals surface area (Å²) in [5.41, 5.74) is 6.02. The van der Waals surface area contributed by atoms with Crippen molar-refractivity contribution in [3.8, 4) is 0 Å². The van der Waals surface area contributed by atoms with Gasteiger partial charge in [0.1, 0.15) is 18.7 Å². The average Bonchev–Trinajstić information content (AvgIpc) is 2.89. The summed E-state index contributed by atoms with van der Waals surface area (Å²) < 4.78 is 1.47. The van der Waals surface area contributed by atoms with Gasteiger partial charge in [-0.2, -0.15) is 10.2 Å². The van der Waals surface area contributed by atoms with Crippen molar-refractivity contribution in [1.29, 1.82) is 0 Å². The van der Waals surface area contributed by atoms with Gasteiger partial charge in [0.2, 0.25) is 5.91 Å². The average molecular weight is 235 g/mol. The molecule has 2 heterocycles. The van der Waals surface area contributed by atoms with Gasteiger partial charge in [0, 0.05) is 6.20 Å². The molecular formula is C9H13N7O. The number of anilines is 1. The Hall–Kier alpha value is -2.38. The van der Waals surface area contributed by atoms with Crippen LogP contribution in [0.1, 0.15) is 18.8 Å². The van der Waals surface area contributed by atoms with Gasteiger partial charge < -0.3 is 11.1 Å². The molecular weight excluding hydrogens is 222 g/mol. The first-order chi connectivity index (χ1) is 8.15. The minimum atomic E-state index is -0.224. The van der Waals surface area contributed by atoms with Crippen molar-refractivity contribution in [3.63, 3.8) is 0 Å². The van der Waals surface area contributed by atoms with E-state index in [2.05, 4.69) is 25.6 Å². The molecule has 0 aliphatic carbocycles. The minimum Gasteiger partial charge on any atom is -0.396 e. The Bertz CT molecular complexity index is 489. The van der Waals surface area contributed by atoms with Gasteiger partial charge >= 0.3 is 0 Å². The highest BCUT2D eigenvalue weighted by Crippen LogP contribution is 2.04. The summed E-state index contributed by atoms with van der Waals surface area (Å²) in [7, 11) is 0. The topological polar surface area (TPSA) is 115 Å². The molecule has 0 radical (unpaired) electrons. The maximum Gasteiger partial charge on any atom is 0.242 e. The zero-order valence-electron chi connectivity index (χ0n) is 9.29. The Morgan fingerprint density at radius 1 is 1.71 bits per heavy atom. The van der Waals surface area contributed by atoms with E-state index in [9.17, 15) is 4.79 Å². The van der Waals surface area contributed by atoms with Crippen molar-refractivity contribution in [3.05, 3.63) is 24.5 Å². The second-order valence-electron chi connectivity index (χ2n) is 3.63. The van der Waals surface area contributed by atoms with Gasteiger partial charge in [-0.25, -0.2) is 4.98 Å². The van der Waals surface area contributed by atoms with Gasteiger partial charge in [-0.15, -0.1) is 0 Å². The second-order valence-corrected chi connectivity index (χ2v) is 3.63. The zero-order chi connectivity index (χ0) is 12.3. The highest BCUT2D eigenvalue weighted by molar-refractivity contribution is 5.76. The Balaban J connectivity index is 1.89. The molecule has 0 saturated carbocycles. The summed E-state index contributed by atoms with van der Waals surface area (Å²) in [5.74, 6) is 0.440. The van der Waals surface area contributed by atoms with Crippen LogP contribution in [-0.2, 0) is 11.3 Å². The SMILES string of the molecule is CC(NC(=O)Cn1cc(N)cn1)c1ncn[nH]1. The van der Waals surface area contributed by atoms with Crippen LogP contribution in [0.5, 0.6) is 0 Å². The van der Waals surface area contributed by atoms with Gasteiger partial charge in [-0.1, -0.05) is 0 Å². The molecule has 0 bridgehead atoms. The van der Waals surface area contributed by atoms with Crippen LogP contribution in [-0.4, -0.2) is 30.9 Å². The van der Waals surface area contributed by atoms with Gasteiger partial charge in [-0.3, -0.25) is 14.6 Å². The van der Waals surface area contributed by atoms with E-state index in [1.165, 1.54) is 17.2 Å². The van der Waals surface area contributed by atoms with E-state index in [-0.39, 0.29) is 18.5 Å². The molecule has 8 heteroatoms. The summed E-state index contributed by atoms with van der Waals surface area (Å²) in [4.78, 5) is 15.6. The maximum absolute atomic E-state index is 11.7. The van der Waals surface area contributed by atoms with Gasteiger partial charge in [0.15, 0.2) is 0 Å². The Labute approximate surface area is 97.2 Å². The third-order valence-corrected chi connectivity index (χ3v) is 2.18. The normalized spacial score (nSPS) is 12.3. The molecule has 0 spiro atoms. The predicted molar refractivity (Wildman–Crippen MR) is 59.6 cm³/mol. The first-order valence-corrected chi connectivity index (χ1v) is 5.07. The third-order valence-electron chi connectivity index (χ3n) is 2.18.